The van der Waals surface area contributed by atoms with E-state index in [-0.39, 0.29) is 6.04 Å². The van der Waals surface area contributed by atoms with Gasteiger partial charge in [0.05, 0.1) is 24.3 Å². The van der Waals surface area contributed by atoms with E-state index in [1.54, 1.807) is 18.2 Å². The zero-order valence-electron chi connectivity index (χ0n) is 16.6. The second-order valence-corrected chi connectivity index (χ2v) is 8.28. The third kappa shape index (κ3) is 4.86. The predicted octanol–water partition coefficient (Wildman–Crippen LogP) is 4.73. The SMILES string of the molecule is Cc1ccc(OC[C@H]2C[C@@H](C)N(C(C)C(O)c3cc(Cl)cc(C#N)c3)C2)cc1. The smallest absolute Gasteiger partial charge is 0.119 e. The van der Waals surface area contributed by atoms with Crippen LogP contribution in [0.4, 0.5) is 0 Å². The summed E-state index contributed by atoms with van der Waals surface area (Å²) in [5.41, 5.74) is 2.37. The first-order valence-electron chi connectivity index (χ1n) is 9.71. The molecule has 0 saturated carbocycles. The van der Waals surface area contributed by atoms with Crippen molar-refractivity contribution in [1.82, 2.24) is 4.90 Å². The summed E-state index contributed by atoms with van der Waals surface area (Å²) >= 11 is 6.11. The number of rotatable bonds is 6. The van der Waals surface area contributed by atoms with E-state index in [0.29, 0.717) is 34.7 Å². The second kappa shape index (κ2) is 8.96. The Morgan fingerprint density at radius 2 is 2.00 bits per heavy atom. The fourth-order valence-corrected chi connectivity index (χ4v) is 4.26. The lowest BCUT2D eigenvalue weighted by atomic mass is 10.00. The van der Waals surface area contributed by atoms with Crippen LogP contribution >= 0.6 is 11.6 Å². The maximum atomic E-state index is 10.9. The van der Waals surface area contributed by atoms with E-state index < -0.39 is 6.10 Å². The molecule has 4 atom stereocenters. The summed E-state index contributed by atoms with van der Waals surface area (Å²) in [6.07, 6.45) is 0.326. The standard InChI is InChI=1S/C23H27ClN2O2/c1-15-4-6-22(7-5-15)28-14-19-8-16(2)26(13-19)17(3)23(27)20-9-18(12-25)10-21(24)11-20/h4-7,9-11,16-17,19,23,27H,8,13-14H2,1-3H3/t16-,17?,19+,23?/m1/s1. The number of aryl methyl sites for hydroxylation is 1. The molecule has 1 aliphatic heterocycles. The van der Waals surface area contributed by atoms with E-state index in [1.807, 2.05) is 19.1 Å². The molecule has 1 aliphatic rings. The van der Waals surface area contributed by atoms with Gasteiger partial charge in [0.25, 0.3) is 0 Å². The Labute approximate surface area is 172 Å². The van der Waals surface area contributed by atoms with Crippen LogP contribution in [0.1, 0.15) is 43.1 Å². The highest BCUT2D eigenvalue weighted by atomic mass is 35.5. The highest BCUT2D eigenvalue weighted by Crippen LogP contribution is 2.32. The van der Waals surface area contributed by atoms with E-state index in [9.17, 15) is 5.11 Å². The monoisotopic (exact) mass is 398 g/mol. The molecule has 0 amide bonds. The summed E-state index contributed by atoms with van der Waals surface area (Å²) in [5, 5.41) is 20.5. The van der Waals surface area contributed by atoms with Crippen LogP contribution in [0.15, 0.2) is 42.5 Å². The van der Waals surface area contributed by atoms with Crippen molar-refractivity contribution < 1.29 is 9.84 Å². The molecule has 2 unspecified atom stereocenters. The lowest BCUT2D eigenvalue weighted by molar-refractivity contribution is 0.0517. The van der Waals surface area contributed by atoms with Crippen molar-refractivity contribution in [3.8, 4) is 11.8 Å². The zero-order chi connectivity index (χ0) is 20.3. The highest BCUT2D eigenvalue weighted by Gasteiger charge is 2.35. The van der Waals surface area contributed by atoms with E-state index in [4.69, 9.17) is 21.6 Å². The molecule has 4 nitrogen and oxygen atoms in total. The topological polar surface area (TPSA) is 56.5 Å². The molecule has 2 aromatic rings. The molecule has 1 N–H and O–H groups in total. The predicted molar refractivity (Wildman–Crippen MR) is 112 cm³/mol. The summed E-state index contributed by atoms with van der Waals surface area (Å²) in [6, 6.07) is 15.5. The van der Waals surface area contributed by atoms with Crippen molar-refractivity contribution >= 4 is 11.6 Å². The van der Waals surface area contributed by atoms with Gasteiger partial charge in [0.1, 0.15) is 5.75 Å². The van der Waals surface area contributed by atoms with Crippen molar-refractivity contribution in [1.29, 1.82) is 5.26 Å². The van der Waals surface area contributed by atoms with E-state index >= 15 is 0 Å². The van der Waals surface area contributed by atoms with Gasteiger partial charge in [-0.15, -0.1) is 0 Å². The average molecular weight is 399 g/mol. The molecule has 0 bridgehead atoms. The van der Waals surface area contributed by atoms with Crippen LogP contribution in [0.3, 0.4) is 0 Å². The fourth-order valence-electron chi connectivity index (χ4n) is 4.01. The number of aliphatic hydroxyl groups is 1. The van der Waals surface area contributed by atoms with Crippen molar-refractivity contribution in [2.75, 3.05) is 13.2 Å². The van der Waals surface area contributed by atoms with Crippen LogP contribution < -0.4 is 4.74 Å². The quantitative estimate of drug-likeness (QED) is 0.764. The van der Waals surface area contributed by atoms with Crippen LogP contribution in [0.5, 0.6) is 5.75 Å². The van der Waals surface area contributed by atoms with Crippen molar-refractivity contribution in [3.63, 3.8) is 0 Å². The minimum absolute atomic E-state index is 0.0793. The molecule has 0 aromatic heterocycles. The molecule has 148 valence electrons. The number of nitriles is 1. The molecule has 2 aromatic carbocycles. The third-order valence-corrected chi connectivity index (χ3v) is 5.81. The number of nitrogens with zero attached hydrogens (tertiary/aromatic N) is 2. The Kier molecular flexibility index (Phi) is 6.61. The van der Waals surface area contributed by atoms with E-state index in [0.717, 1.165) is 18.7 Å². The van der Waals surface area contributed by atoms with Gasteiger partial charge in [0, 0.05) is 29.6 Å². The van der Waals surface area contributed by atoms with Crippen LogP contribution in [-0.4, -0.2) is 35.2 Å². The highest BCUT2D eigenvalue weighted by molar-refractivity contribution is 6.30. The number of aliphatic hydroxyl groups excluding tert-OH is 1. The zero-order valence-corrected chi connectivity index (χ0v) is 17.4. The molecule has 3 rings (SSSR count). The maximum absolute atomic E-state index is 10.9. The number of ether oxygens (including phenoxy) is 1. The van der Waals surface area contributed by atoms with Crippen molar-refractivity contribution in [2.24, 2.45) is 5.92 Å². The molecule has 1 heterocycles. The lowest BCUT2D eigenvalue weighted by Crippen LogP contribution is -2.40. The lowest BCUT2D eigenvalue weighted by Gasteiger charge is -2.32. The van der Waals surface area contributed by atoms with Gasteiger partial charge in [-0.1, -0.05) is 29.3 Å². The van der Waals surface area contributed by atoms with E-state index in [1.165, 1.54) is 5.56 Å². The van der Waals surface area contributed by atoms with Gasteiger partial charge in [-0.3, -0.25) is 4.90 Å². The summed E-state index contributed by atoms with van der Waals surface area (Å²) in [7, 11) is 0. The number of benzene rings is 2. The van der Waals surface area contributed by atoms with Gasteiger partial charge in [-0.25, -0.2) is 0 Å². The van der Waals surface area contributed by atoms with Gasteiger partial charge in [-0.05, 0) is 63.1 Å². The molecule has 0 radical (unpaired) electrons. The first-order chi connectivity index (χ1) is 13.4. The molecule has 0 spiro atoms. The largest absolute Gasteiger partial charge is 0.493 e. The average Bonchev–Trinajstić information content (AvgIpc) is 3.06. The number of hydrogen-bond acceptors (Lipinski definition) is 4. The van der Waals surface area contributed by atoms with Crippen LogP contribution in [0, 0.1) is 24.2 Å². The van der Waals surface area contributed by atoms with Crippen molar-refractivity contribution in [3.05, 3.63) is 64.2 Å². The first-order valence-corrected chi connectivity index (χ1v) is 10.1. The second-order valence-electron chi connectivity index (χ2n) is 7.84. The molecule has 5 heteroatoms. The Bertz CT molecular complexity index is 847. The van der Waals surface area contributed by atoms with Crippen LogP contribution in [0.2, 0.25) is 5.02 Å². The minimum Gasteiger partial charge on any atom is -0.493 e. The molecule has 1 fully saturated rings. The van der Waals surface area contributed by atoms with Gasteiger partial charge in [0.2, 0.25) is 0 Å². The Morgan fingerprint density at radius 3 is 2.68 bits per heavy atom. The maximum Gasteiger partial charge on any atom is 0.119 e. The molecule has 28 heavy (non-hydrogen) atoms. The first kappa shape index (κ1) is 20.7. The number of halogens is 1. The van der Waals surface area contributed by atoms with E-state index in [2.05, 4.69) is 36.9 Å². The van der Waals surface area contributed by atoms with Crippen molar-refractivity contribution in [2.45, 2.75) is 45.4 Å². The fraction of sp³-hybridized carbons (Fsp3) is 0.435. The minimum atomic E-state index is -0.704. The summed E-state index contributed by atoms with van der Waals surface area (Å²) in [5.74, 6) is 1.31. The third-order valence-electron chi connectivity index (χ3n) is 5.59. The van der Waals surface area contributed by atoms with Crippen LogP contribution in [0.25, 0.3) is 0 Å². The Hall–Kier alpha value is -2.06. The van der Waals surface area contributed by atoms with Gasteiger partial charge in [0.15, 0.2) is 0 Å². The molecular weight excluding hydrogens is 372 g/mol. The molecule has 0 aliphatic carbocycles. The Morgan fingerprint density at radius 1 is 1.29 bits per heavy atom. The molecular formula is C23H27ClN2O2. The Balaban J connectivity index is 1.62. The summed E-state index contributed by atoms with van der Waals surface area (Å²) in [6.45, 7) is 7.82. The van der Waals surface area contributed by atoms with Gasteiger partial charge in [-0.2, -0.15) is 5.26 Å². The summed E-state index contributed by atoms with van der Waals surface area (Å²) < 4.78 is 5.97. The normalized spacial score (nSPS) is 21.9. The number of likely N-dealkylation sites (tertiary alicyclic amines) is 1. The van der Waals surface area contributed by atoms with Gasteiger partial charge < -0.3 is 9.84 Å². The van der Waals surface area contributed by atoms with Gasteiger partial charge >= 0.3 is 0 Å². The number of hydrogen-bond donors (Lipinski definition) is 1. The van der Waals surface area contributed by atoms with Crippen LogP contribution in [-0.2, 0) is 0 Å². The molecule has 1 saturated heterocycles. The summed E-state index contributed by atoms with van der Waals surface area (Å²) in [4.78, 5) is 2.32.